The second-order valence-electron chi connectivity index (χ2n) is 4.70. The van der Waals surface area contributed by atoms with Crippen LogP contribution in [-0.4, -0.2) is 8.42 Å². The van der Waals surface area contributed by atoms with Crippen molar-refractivity contribution in [3.8, 4) is 17.9 Å². The summed E-state index contributed by atoms with van der Waals surface area (Å²) < 4.78 is 29.7. The van der Waals surface area contributed by atoms with Crippen molar-refractivity contribution in [1.82, 2.24) is 0 Å². The first-order chi connectivity index (χ1) is 10.9. The Morgan fingerprint density at radius 3 is 2.35 bits per heavy atom. The lowest BCUT2D eigenvalue weighted by molar-refractivity contribution is 0.486. The number of hydrogen-bond donors (Lipinski definition) is 0. The third kappa shape index (κ3) is 4.19. The van der Waals surface area contributed by atoms with Crippen LogP contribution in [0.3, 0.4) is 0 Å². The molecule has 0 N–H and O–H groups in total. The Hall–Kier alpha value is -3.09. The zero-order valence-electron chi connectivity index (χ0n) is 12.2. The van der Waals surface area contributed by atoms with Crippen molar-refractivity contribution in [1.29, 1.82) is 10.5 Å². The highest BCUT2D eigenvalue weighted by molar-refractivity contribution is 7.87. The highest BCUT2D eigenvalue weighted by Gasteiger charge is 2.16. The van der Waals surface area contributed by atoms with E-state index in [-0.39, 0.29) is 16.2 Å². The van der Waals surface area contributed by atoms with Gasteiger partial charge in [-0.05, 0) is 42.8 Å². The molecule has 2 aromatic rings. The summed E-state index contributed by atoms with van der Waals surface area (Å²) in [4.78, 5) is -0.0537. The monoisotopic (exact) mass is 324 g/mol. The normalized spacial score (nSPS) is 10.2. The first kappa shape index (κ1) is 16.3. The van der Waals surface area contributed by atoms with E-state index in [4.69, 9.17) is 14.7 Å². The van der Waals surface area contributed by atoms with E-state index in [0.717, 1.165) is 5.56 Å². The highest BCUT2D eigenvalue weighted by Crippen LogP contribution is 2.20. The summed E-state index contributed by atoms with van der Waals surface area (Å²) in [6, 6.07) is 15.9. The summed E-state index contributed by atoms with van der Waals surface area (Å²) in [6.07, 6.45) is 1.31. The number of aryl methyl sites for hydroxylation is 1. The van der Waals surface area contributed by atoms with Gasteiger partial charge in [-0.25, -0.2) is 0 Å². The molecule has 2 rings (SSSR count). The van der Waals surface area contributed by atoms with Gasteiger partial charge in [0.25, 0.3) is 0 Å². The van der Waals surface area contributed by atoms with Crippen LogP contribution in [0.4, 0.5) is 0 Å². The minimum Gasteiger partial charge on any atom is -0.379 e. The summed E-state index contributed by atoms with van der Waals surface area (Å²) >= 11 is 0. The molecule has 0 saturated heterocycles. The fourth-order valence-electron chi connectivity index (χ4n) is 1.78. The number of benzene rings is 2. The van der Waals surface area contributed by atoms with Gasteiger partial charge < -0.3 is 4.18 Å². The fraction of sp³-hybridized carbons (Fsp3) is 0.0588. The topological polar surface area (TPSA) is 90.9 Å². The summed E-state index contributed by atoms with van der Waals surface area (Å²) in [5.74, 6) is 0.214. The zero-order valence-corrected chi connectivity index (χ0v) is 13.0. The third-order valence-corrected chi connectivity index (χ3v) is 4.17. The van der Waals surface area contributed by atoms with Crippen molar-refractivity contribution in [3.63, 3.8) is 0 Å². The smallest absolute Gasteiger partial charge is 0.339 e. The Morgan fingerprint density at radius 1 is 1.09 bits per heavy atom. The Morgan fingerprint density at radius 2 is 1.74 bits per heavy atom. The van der Waals surface area contributed by atoms with E-state index in [1.165, 1.54) is 24.3 Å². The van der Waals surface area contributed by atoms with E-state index in [9.17, 15) is 8.42 Å². The average molecular weight is 324 g/mol. The van der Waals surface area contributed by atoms with Crippen LogP contribution in [0, 0.1) is 29.6 Å². The summed E-state index contributed by atoms with van der Waals surface area (Å²) in [7, 11) is -3.99. The molecule has 0 atom stereocenters. The first-order valence-corrected chi connectivity index (χ1v) is 7.98. The van der Waals surface area contributed by atoms with Gasteiger partial charge in [0.2, 0.25) is 0 Å². The van der Waals surface area contributed by atoms with Gasteiger partial charge >= 0.3 is 10.1 Å². The van der Waals surface area contributed by atoms with E-state index < -0.39 is 10.1 Å². The van der Waals surface area contributed by atoms with Crippen LogP contribution < -0.4 is 4.18 Å². The molecule has 0 saturated carbocycles. The molecule has 23 heavy (non-hydrogen) atoms. The van der Waals surface area contributed by atoms with Crippen molar-refractivity contribution >= 4 is 16.2 Å². The van der Waals surface area contributed by atoms with Crippen LogP contribution in [0.15, 0.2) is 59.0 Å². The van der Waals surface area contributed by atoms with Crippen molar-refractivity contribution < 1.29 is 12.6 Å². The molecule has 0 heterocycles. The predicted molar refractivity (Wildman–Crippen MR) is 84.6 cm³/mol. The first-order valence-electron chi connectivity index (χ1n) is 6.58. The van der Waals surface area contributed by atoms with Crippen molar-refractivity contribution in [2.45, 2.75) is 11.8 Å². The molecule has 0 fully saturated rings. The van der Waals surface area contributed by atoms with Gasteiger partial charge in [-0.15, -0.1) is 0 Å². The Balaban J connectivity index is 2.34. The molecule has 0 bridgehead atoms. The number of rotatable bonds is 4. The van der Waals surface area contributed by atoms with E-state index in [1.807, 2.05) is 6.92 Å². The van der Waals surface area contributed by atoms with Gasteiger partial charge in [-0.2, -0.15) is 18.9 Å². The second kappa shape index (κ2) is 6.78. The molecule has 114 valence electrons. The van der Waals surface area contributed by atoms with E-state index >= 15 is 0 Å². The lowest BCUT2D eigenvalue weighted by atomic mass is 10.1. The largest absolute Gasteiger partial charge is 0.379 e. The summed E-state index contributed by atoms with van der Waals surface area (Å²) in [6.45, 7) is 1.88. The van der Waals surface area contributed by atoms with Gasteiger partial charge in [-0.1, -0.05) is 29.8 Å². The molecule has 0 aliphatic heterocycles. The maximum atomic E-state index is 12.3. The van der Waals surface area contributed by atoms with Crippen LogP contribution in [0.5, 0.6) is 5.75 Å². The van der Waals surface area contributed by atoms with E-state index in [1.54, 1.807) is 42.5 Å². The molecule has 0 aromatic heterocycles. The number of hydrogen-bond acceptors (Lipinski definition) is 5. The molecule has 0 amide bonds. The zero-order chi connectivity index (χ0) is 16.9. The van der Waals surface area contributed by atoms with Gasteiger partial charge in [-0.3, -0.25) is 0 Å². The lowest BCUT2D eigenvalue weighted by Crippen LogP contribution is -2.09. The number of nitrogens with zero attached hydrogens (tertiary/aromatic N) is 2. The van der Waals surface area contributed by atoms with Crippen molar-refractivity contribution in [3.05, 3.63) is 65.2 Å². The maximum Gasteiger partial charge on any atom is 0.339 e. The predicted octanol–water partition coefficient (Wildman–Crippen LogP) is 3.19. The maximum absolute atomic E-state index is 12.3. The molecular weight excluding hydrogens is 312 g/mol. The summed E-state index contributed by atoms with van der Waals surface area (Å²) in [5, 5.41) is 17.5. The molecular formula is C17H12N2O3S. The third-order valence-electron chi connectivity index (χ3n) is 2.93. The molecule has 2 aromatic carbocycles. The van der Waals surface area contributed by atoms with Crippen LogP contribution in [0.2, 0.25) is 0 Å². The van der Waals surface area contributed by atoms with Gasteiger partial charge in [0, 0.05) is 0 Å². The minimum absolute atomic E-state index is 0.0537. The Kier molecular flexibility index (Phi) is 4.80. The Labute approximate surface area is 134 Å². The van der Waals surface area contributed by atoms with E-state index in [0.29, 0.717) is 5.56 Å². The van der Waals surface area contributed by atoms with Crippen molar-refractivity contribution in [2.75, 3.05) is 0 Å². The van der Waals surface area contributed by atoms with Crippen LogP contribution >= 0.6 is 0 Å². The minimum atomic E-state index is -3.99. The molecule has 0 aliphatic rings. The lowest BCUT2D eigenvalue weighted by Gasteiger charge is -2.07. The molecule has 0 radical (unpaired) electrons. The van der Waals surface area contributed by atoms with Crippen molar-refractivity contribution in [2.24, 2.45) is 0 Å². The SMILES string of the molecule is Cc1ccc(OS(=O)(=O)c2cccc(C=C(C#N)C#N)c2)cc1. The fourth-order valence-corrected chi connectivity index (χ4v) is 2.77. The highest BCUT2D eigenvalue weighted by atomic mass is 32.2. The number of allylic oxidation sites excluding steroid dienone is 1. The molecule has 6 heteroatoms. The Bertz CT molecular complexity index is 915. The quantitative estimate of drug-likeness (QED) is 0.636. The average Bonchev–Trinajstić information content (AvgIpc) is 2.55. The van der Waals surface area contributed by atoms with Crippen LogP contribution in [0.25, 0.3) is 6.08 Å². The second-order valence-corrected chi connectivity index (χ2v) is 6.25. The van der Waals surface area contributed by atoms with Crippen LogP contribution in [-0.2, 0) is 10.1 Å². The van der Waals surface area contributed by atoms with Crippen LogP contribution in [0.1, 0.15) is 11.1 Å². The van der Waals surface area contributed by atoms with Gasteiger partial charge in [0.15, 0.2) is 0 Å². The molecule has 5 nitrogen and oxygen atoms in total. The molecule has 0 aliphatic carbocycles. The summed E-state index contributed by atoms with van der Waals surface area (Å²) in [5.41, 5.74) is 1.30. The van der Waals surface area contributed by atoms with E-state index in [2.05, 4.69) is 0 Å². The molecule has 0 spiro atoms. The van der Waals surface area contributed by atoms with Gasteiger partial charge in [0.05, 0.1) is 0 Å². The standard InChI is InChI=1S/C17H12N2O3S/c1-13-5-7-16(8-6-13)22-23(20,21)17-4-2-3-14(10-17)9-15(11-18)12-19/h2-10H,1H3. The molecule has 0 unspecified atom stereocenters. The number of nitriles is 2. The van der Waals surface area contributed by atoms with Gasteiger partial charge in [0.1, 0.15) is 28.4 Å².